The van der Waals surface area contributed by atoms with Gasteiger partial charge in [-0.15, -0.1) is 0 Å². The van der Waals surface area contributed by atoms with Crippen LogP contribution in [0.3, 0.4) is 0 Å². The zero-order valence-electron chi connectivity index (χ0n) is 8.94. The van der Waals surface area contributed by atoms with Gasteiger partial charge in [0.15, 0.2) is 5.78 Å². The van der Waals surface area contributed by atoms with E-state index in [1.54, 1.807) is 12.3 Å². The largest absolute Gasteiger partial charge is 0.464 e. The average Bonchev–Trinajstić information content (AvgIpc) is 2.93. The molecule has 0 atom stereocenters. The van der Waals surface area contributed by atoms with Gasteiger partial charge in [-0.05, 0) is 23.3 Å². The topological polar surface area (TPSA) is 30.2 Å². The highest BCUT2D eigenvalue weighted by molar-refractivity contribution is 6.25. The van der Waals surface area contributed by atoms with E-state index in [1.807, 2.05) is 36.4 Å². The maximum Gasteiger partial charge on any atom is 0.198 e. The number of rotatable bonds is 0. The van der Waals surface area contributed by atoms with Crippen molar-refractivity contribution in [1.29, 1.82) is 0 Å². The fraction of sp³-hybridized carbons (Fsp3) is 0. The molecule has 0 aromatic carbocycles. The van der Waals surface area contributed by atoms with Gasteiger partial charge in [-0.25, -0.2) is 0 Å². The van der Waals surface area contributed by atoms with E-state index in [0.29, 0.717) is 11.3 Å². The van der Waals surface area contributed by atoms with Crippen molar-refractivity contribution in [3.8, 4) is 22.5 Å². The van der Waals surface area contributed by atoms with E-state index in [9.17, 15) is 4.79 Å². The van der Waals surface area contributed by atoms with Crippen LogP contribution in [0, 0.1) is 0 Å². The lowest BCUT2D eigenvalue weighted by molar-refractivity contribution is 0.104. The van der Waals surface area contributed by atoms with Gasteiger partial charge in [-0.3, -0.25) is 4.79 Å². The summed E-state index contributed by atoms with van der Waals surface area (Å²) < 4.78 is 5.40. The molecule has 3 aliphatic carbocycles. The zero-order valence-corrected chi connectivity index (χ0v) is 8.94. The first-order valence-electron chi connectivity index (χ1n) is 5.50. The second kappa shape index (κ2) is 2.86. The fourth-order valence-corrected chi connectivity index (χ4v) is 2.54. The van der Waals surface area contributed by atoms with Crippen molar-refractivity contribution in [1.82, 2.24) is 0 Å². The maximum absolute atomic E-state index is 12.3. The van der Waals surface area contributed by atoms with Gasteiger partial charge in [0.1, 0.15) is 5.76 Å². The quantitative estimate of drug-likeness (QED) is 0.453. The summed E-state index contributed by atoms with van der Waals surface area (Å²) in [6.07, 6.45) is 1.57. The molecule has 0 radical (unpaired) electrons. The third-order valence-corrected chi connectivity index (χ3v) is 3.29. The van der Waals surface area contributed by atoms with Crippen LogP contribution in [-0.2, 0) is 0 Å². The van der Waals surface area contributed by atoms with Gasteiger partial charge < -0.3 is 4.42 Å². The molecule has 0 fully saturated rings. The van der Waals surface area contributed by atoms with Gasteiger partial charge in [-0.1, -0.05) is 30.3 Å². The molecule has 1 aromatic heterocycles. The van der Waals surface area contributed by atoms with Gasteiger partial charge in [0.05, 0.1) is 11.8 Å². The molecule has 0 N–H and O–H groups in total. The van der Waals surface area contributed by atoms with Gasteiger partial charge in [0.2, 0.25) is 0 Å². The van der Waals surface area contributed by atoms with Crippen molar-refractivity contribution >= 4 is 5.78 Å². The number of furan rings is 1. The van der Waals surface area contributed by atoms with Gasteiger partial charge in [-0.2, -0.15) is 0 Å². The molecule has 0 unspecified atom stereocenters. The Morgan fingerprint density at radius 3 is 2.71 bits per heavy atom. The number of carbonyl (C=O) groups is 1. The Kier molecular flexibility index (Phi) is 1.47. The number of fused-ring (bicyclic) bond motifs is 5. The number of carbonyl (C=O) groups excluding carboxylic acids is 1. The maximum atomic E-state index is 12.3. The lowest BCUT2D eigenvalue weighted by Gasteiger charge is -1.95. The Hall–Kier alpha value is -2.35. The van der Waals surface area contributed by atoms with Crippen LogP contribution in [0.25, 0.3) is 22.5 Å². The molecule has 0 saturated carbocycles. The summed E-state index contributed by atoms with van der Waals surface area (Å²) in [5.41, 5.74) is 4.47. The number of hydrogen-bond donors (Lipinski definition) is 0. The first-order valence-corrected chi connectivity index (χ1v) is 5.50. The van der Waals surface area contributed by atoms with Crippen LogP contribution in [-0.4, -0.2) is 5.78 Å². The third kappa shape index (κ3) is 0.972. The van der Waals surface area contributed by atoms with Crippen LogP contribution >= 0.6 is 0 Å². The molecular weight excluding hydrogens is 212 g/mol. The third-order valence-electron chi connectivity index (χ3n) is 3.29. The van der Waals surface area contributed by atoms with Crippen LogP contribution in [0.15, 0.2) is 53.1 Å². The van der Waals surface area contributed by atoms with E-state index in [-0.39, 0.29) is 5.78 Å². The van der Waals surface area contributed by atoms with Gasteiger partial charge in [0.25, 0.3) is 0 Å². The first kappa shape index (κ1) is 8.76. The Bertz CT molecular complexity index is 722. The van der Waals surface area contributed by atoms with Crippen molar-refractivity contribution in [2.75, 3.05) is 0 Å². The zero-order chi connectivity index (χ0) is 11.4. The minimum absolute atomic E-state index is 0.0740. The summed E-state index contributed by atoms with van der Waals surface area (Å²) in [5, 5.41) is 0. The van der Waals surface area contributed by atoms with Crippen LogP contribution in [0.2, 0.25) is 0 Å². The molecule has 0 bridgehead atoms. The number of ketones is 1. The molecule has 4 rings (SSSR count). The summed E-state index contributed by atoms with van der Waals surface area (Å²) in [5.74, 6) is 0.786. The lowest BCUT2D eigenvalue weighted by Crippen LogP contribution is -1.94. The van der Waals surface area contributed by atoms with Crippen molar-refractivity contribution < 1.29 is 9.21 Å². The Labute approximate surface area is 97.8 Å². The van der Waals surface area contributed by atoms with E-state index in [0.717, 1.165) is 22.3 Å². The summed E-state index contributed by atoms with van der Waals surface area (Å²) in [6.45, 7) is 0. The Morgan fingerprint density at radius 1 is 0.882 bits per heavy atom. The molecule has 3 aliphatic rings. The van der Waals surface area contributed by atoms with E-state index >= 15 is 0 Å². The Balaban J connectivity index is 2.16. The second-order valence-corrected chi connectivity index (χ2v) is 4.21. The summed E-state index contributed by atoms with van der Waals surface area (Å²) in [6, 6.07) is 13.7. The molecule has 2 heteroatoms. The minimum atomic E-state index is 0.0740. The Morgan fingerprint density at radius 2 is 1.76 bits per heavy atom. The minimum Gasteiger partial charge on any atom is -0.464 e. The molecule has 1 aromatic rings. The van der Waals surface area contributed by atoms with E-state index < -0.39 is 0 Å². The highest BCUT2D eigenvalue weighted by atomic mass is 16.3. The molecule has 80 valence electrons. The highest BCUT2D eigenvalue weighted by Crippen LogP contribution is 2.45. The molecule has 0 saturated heterocycles. The monoisotopic (exact) mass is 220 g/mol. The average molecular weight is 220 g/mol. The van der Waals surface area contributed by atoms with Crippen molar-refractivity contribution in [2.24, 2.45) is 0 Å². The molecule has 1 heterocycles. The van der Waals surface area contributed by atoms with Crippen LogP contribution in [0.4, 0.5) is 0 Å². The van der Waals surface area contributed by atoms with Crippen molar-refractivity contribution in [3.05, 3.63) is 59.9 Å². The molecular formula is C15H8O2. The first-order chi connectivity index (χ1) is 8.36. The molecule has 0 spiro atoms. The van der Waals surface area contributed by atoms with Crippen molar-refractivity contribution in [2.45, 2.75) is 0 Å². The van der Waals surface area contributed by atoms with Gasteiger partial charge >= 0.3 is 0 Å². The van der Waals surface area contributed by atoms with Gasteiger partial charge in [0, 0.05) is 11.1 Å². The molecule has 17 heavy (non-hydrogen) atoms. The second-order valence-electron chi connectivity index (χ2n) is 4.21. The smallest absolute Gasteiger partial charge is 0.198 e. The summed E-state index contributed by atoms with van der Waals surface area (Å²) in [4.78, 5) is 12.3. The predicted octanol–water partition coefficient (Wildman–Crippen LogP) is 3.60. The number of hydrogen-bond acceptors (Lipinski definition) is 2. The van der Waals surface area contributed by atoms with E-state index in [1.165, 1.54) is 0 Å². The summed E-state index contributed by atoms with van der Waals surface area (Å²) in [7, 11) is 0. The molecule has 0 aliphatic heterocycles. The summed E-state index contributed by atoms with van der Waals surface area (Å²) >= 11 is 0. The molecule has 0 amide bonds. The fourth-order valence-electron chi connectivity index (χ4n) is 2.54. The van der Waals surface area contributed by atoms with E-state index in [4.69, 9.17) is 4.42 Å². The normalized spacial score (nSPS) is 12.8. The van der Waals surface area contributed by atoms with Crippen LogP contribution in [0.1, 0.15) is 15.9 Å². The SMILES string of the molecule is O=C1c2ccoc2-c2cc3cccccc-3c21. The van der Waals surface area contributed by atoms with Crippen LogP contribution < -0.4 is 0 Å². The standard InChI is InChI=1S/C15H8O2/c16-14-11-6-7-17-15(11)12-8-9-4-2-1-3-5-10(9)13(12)14/h1-8H. The lowest BCUT2D eigenvalue weighted by atomic mass is 10.1. The highest BCUT2D eigenvalue weighted by Gasteiger charge is 2.34. The van der Waals surface area contributed by atoms with Crippen LogP contribution in [0.5, 0.6) is 0 Å². The van der Waals surface area contributed by atoms with Crippen molar-refractivity contribution in [3.63, 3.8) is 0 Å². The van der Waals surface area contributed by atoms with E-state index in [2.05, 4.69) is 0 Å². The molecule has 2 nitrogen and oxygen atoms in total. The predicted molar refractivity (Wildman–Crippen MR) is 64.2 cm³/mol.